The minimum Gasteiger partial charge on any atom is -0.349 e. The van der Waals surface area contributed by atoms with Crippen LogP contribution in [0.5, 0.6) is 0 Å². The number of rotatable bonds is 1. The molecule has 4 heteroatoms. The van der Waals surface area contributed by atoms with E-state index >= 15 is 0 Å². The topological polar surface area (TPSA) is 27.7 Å². The minimum atomic E-state index is -0.271. The second-order valence-electron chi connectivity index (χ2n) is 6.78. The van der Waals surface area contributed by atoms with Crippen LogP contribution in [-0.4, -0.2) is 25.1 Å². The molecule has 1 saturated heterocycles. The van der Waals surface area contributed by atoms with Crippen molar-refractivity contribution in [3.8, 4) is 0 Å². The molecule has 1 heterocycles. The van der Waals surface area contributed by atoms with E-state index in [-0.39, 0.29) is 11.2 Å². The van der Waals surface area contributed by atoms with Crippen molar-refractivity contribution in [2.75, 3.05) is 13.2 Å². The summed E-state index contributed by atoms with van der Waals surface area (Å²) in [4.78, 5) is 0. The molecule has 0 bridgehead atoms. The molecule has 0 aromatic heterocycles. The fraction of sp³-hybridized carbons (Fsp3) is 1.00. The molecular formula is C13H22O3S. The Morgan fingerprint density at radius 2 is 1.59 bits per heavy atom. The van der Waals surface area contributed by atoms with Crippen LogP contribution < -0.4 is 0 Å². The van der Waals surface area contributed by atoms with E-state index in [0.29, 0.717) is 17.9 Å². The normalized spacial score (nSPS) is 42.9. The SMILES string of the molecule is CC1(C)COC2(C[C@H]3CC(OS)C[C@H]3C2)OC1. The van der Waals surface area contributed by atoms with Crippen molar-refractivity contribution in [1.82, 2.24) is 0 Å². The molecule has 2 aliphatic carbocycles. The Morgan fingerprint density at radius 1 is 1.06 bits per heavy atom. The van der Waals surface area contributed by atoms with Gasteiger partial charge in [-0.05, 0) is 37.6 Å². The van der Waals surface area contributed by atoms with Crippen molar-refractivity contribution < 1.29 is 13.7 Å². The average molecular weight is 258 g/mol. The molecule has 17 heavy (non-hydrogen) atoms. The molecule has 98 valence electrons. The maximum absolute atomic E-state index is 6.06. The van der Waals surface area contributed by atoms with Gasteiger partial charge < -0.3 is 13.7 Å². The fourth-order valence-corrected chi connectivity index (χ4v) is 3.77. The van der Waals surface area contributed by atoms with E-state index < -0.39 is 0 Å². The van der Waals surface area contributed by atoms with E-state index in [2.05, 4.69) is 26.8 Å². The second-order valence-corrected chi connectivity index (χ2v) is 6.99. The van der Waals surface area contributed by atoms with E-state index in [9.17, 15) is 0 Å². The predicted molar refractivity (Wildman–Crippen MR) is 67.7 cm³/mol. The predicted octanol–water partition coefficient (Wildman–Crippen LogP) is 2.81. The number of ether oxygens (including phenoxy) is 2. The van der Waals surface area contributed by atoms with Gasteiger partial charge in [0.05, 0.1) is 19.3 Å². The third-order valence-electron chi connectivity index (χ3n) is 4.55. The quantitative estimate of drug-likeness (QED) is 0.579. The zero-order valence-corrected chi connectivity index (χ0v) is 11.5. The van der Waals surface area contributed by atoms with Gasteiger partial charge in [-0.3, -0.25) is 0 Å². The van der Waals surface area contributed by atoms with Gasteiger partial charge in [0.25, 0.3) is 0 Å². The first kappa shape index (κ1) is 12.3. The third kappa shape index (κ3) is 2.25. The molecule has 0 amide bonds. The zero-order valence-electron chi connectivity index (χ0n) is 10.6. The highest BCUT2D eigenvalue weighted by atomic mass is 32.1. The molecule has 0 radical (unpaired) electrons. The summed E-state index contributed by atoms with van der Waals surface area (Å²) in [6, 6.07) is 0. The maximum Gasteiger partial charge on any atom is 0.168 e. The highest BCUT2D eigenvalue weighted by Crippen LogP contribution is 2.53. The van der Waals surface area contributed by atoms with Gasteiger partial charge in [-0.15, -0.1) is 0 Å². The first-order valence-corrected chi connectivity index (χ1v) is 6.97. The summed E-state index contributed by atoms with van der Waals surface area (Å²) in [5.41, 5.74) is 0.166. The van der Waals surface area contributed by atoms with Gasteiger partial charge in [-0.25, -0.2) is 0 Å². The average Bonchev–Trinajstić information content (AvgIpc) is 2.78. The summed E-state index contributed by atoms with van der Waals surface area (Å²) in [6.45, 7) is 6.03. The van der Waals surface area contributed by atoms with Crippen molar-refractivity contribution in [2.45, 2.75) is 51.4 Å². The smallest absolute Gasteiger partial charge is 0.168 e. The molecule has 0 N–H and O–H groups in total. The maximum atomic E-state index is 6.06. The third-order valence-corrected chi connectivity index (χ3v) is 4.84. The highest BCUT2D eigenvalue weighted by Gasteiger charge is 2.53. The Bertz CT molecular complexity index is 279. The summed E-state index contributed by atoms with van der Waals surface area (Å²) >= 11 is 3.94. The Morgan fingerprint density at radius 3 is 2.06 bits per heavy atom. The van der Waals surface area contributed by atoms with Crippen molar-refractivity contribution in [3.05, 3.63) is 0 Å². The first-order valence-electron chi connectivity index (χ1n) is 6.60. The van der Waals surface area contributed by atoms with E-state index in [4.69, 9.17) is 13.7 Å². The Hall–Kier alpha value is 0.230. The van der Waals surface area contributed by atoms with E-state index in [1.807, 2.05) is 0 Å². The molecule has 1 unspecified atom stereocenters. The van der Waals surface area contributed by atoms with E-state index in [0.717, 1.165) is 38.9 Å². The van der Waals surface area contributed by atoms with Gasteiger partial charge in [0.1, 0.15) is 0 Å². The van der Waals surface area contributed by atoms with Gasteiger partial charge in [-0.1, -0.05) is 13.8 Å². The second kappa shape index (κ2) is 4.12. The molecule has 3 rings (SSSR count). The lowest BCUT2D eigenvalue weighted by Gasteiger charge is -2.42. The van der Waals surface area contributed by atoms with Gasteiger partial charge in [0, 0.05) is 18.3 Å². The largest absolute Gasteiger partial charge is 0.349 e. The lowest BCUT2D eigenvalue weighted by atomic mass is 9.94. The summed E-state index contributed by atoms with van der Waals surface area (Å²) in [5, 5.41) is 0. The fourth-order valence-electron chi connectivity index (χ4n) is 3.60. The first-order chi connectivity index (χ1) is 8.02. The van der Waals surface area contributed by atoms with Gasteiger partial charge >= 0.3 is 0 Å². The highest BCUT2D eigenvalue weighted by molar-refractivity contribution is 7.75. The summed E-state index contributed by atoms with van der Waals surface area (Å²) in [5.74, 6) is 1.13. The van der Waals surface area contributed by atoms with Crippen LogP contribution in [0.15, 0.2) is 0 Å². The molecule has 3 nitrogen and oxygen atoms in total. The monoisotopic (exact) mass is 258 g/mol. The molecule has 1 spiro atoms. The van der Waals surface area contributed by atoms with Crippen molar-refractivity contribution in [1.29, 1.82) is 0 Å². The Labute approximate surface area is 109 Å². The number of hydrogen-bond donors (Lipinski definition) is 1. The molecule has 3 aliphatic rings. The standard InChI is InChI=1S/C13H22O3S/c1-12(2)7-14-13(15-8-12)5-9-3-11(16-17)4-10(9)6-13/h9-11,17H,3-8H2,1-2H3/t9-,10+,11?. The van der Waals surface area contributed by atoms with Gasteiger partial charge in [0.15, 0.2) is 5.79 Å². The number of fused-ring (bicyclic) bond motifs is 1. The van der Waals surface area contributed by atoms with E-state index in [1.165, 1.54) is 0 Å². The van der Waals surface area contributed by atoms with Gasteiger partial charge in [-0.2, -0.15) is 0 Å². The molecule has 2 saturated carbocycles. The number of thiol groups is 1. The van der Waals surface area contributed by atoms with Crippen LogP contribution in [-0.2, 0) is 13.7 Å². The molecule has 1 aliphatic heterocycles. The van der Waals surface area contributed by atoms with Crippen LogP contribution in [0.4, 0.5) is 0 Å². The molecule has 3 atom stereocenters. The molecule has 0 aromatic carbocycles. The lowest BCUT2D eigenvalue weighted by molar-refractivity contribution is -0.297. The molecule has 0 aromatic rings. The van der Waals surface area contributed by atoms with Crippen LogP contribution in [0.1, 0.15) is 39.5 Å². The Kier molecular flexibility index (Phi) is 2.97. The molecule has 3 fully saturated rings. The van der Waals surface area contributed by atoms with Crippen LogP contribution >= 0.6 is 12.9 Å². The van der Waals surface area contributed by atoms with Crippen LogP contribution in [0.3, 0.4) is 0 Å². The van der Waals surface area contributed by atoms with Crippen LogP contribution in [0.25, 0.3) is 0 Å². The minimum absolute atomic E-state index is 0.166. The number of hydrogen-bond acceptors (Lipinski definition) is 4. The summed E-state index contributed by atoms with van der Waals surface area (Å²) in [7, 11) is 0. The van der Waals surface area contributed by atoms with E-state index in [1.54, 1.807) is 0 Å². The van der Waals surface area contributed by atoms with Crippen LogP contribution in [0.2, 0.25) is 0 Å². The summed E-state index contributed by atoms with van der Waals surface area (Å²) < 4.78 is 17.3. The zero-order chi connectivity index (χ0) is 12.1. The van der Waals surface area contributed by atoms with Crippen molar-refractivity contribution in [2.24, 2.45) is 17.3 Å². The molecular weight excluding hydrogens is 236 g/mol. The van der Waals surface area contributed by atoms with Crippen LogP contribution in [0, 0.1) is 17.3 Å². The lowest BCUT2D eigenvalue weighted by Crippen LogP contribution is -2.46. The van der Waals surface area contributed by atoms with Crippen molar-refractivity contribution in [3.63, 3.8) is 0 Å². The summed E-state index contributed by atoms with van der Waals surface area (Å²) in [6.07, 6.45) is 4.66. The van der Waals surface area contributed by atoms with Gasteiger partial charge in [0.2, 0.25) is 0 Å². The Balaban J connectivity index is 1.63. The van der Waals surface area contributed by atoms with Crippen molar-refractivity contribution >= 4 is 12.9 Å².